The Hall–Kier alpha value is -0.597. The smallest absolute Gasteiger partial charge is 0.545 e. The number of aromatic nitrogens is 1. The van der Waals surface area contributed by atoms with E-state index in [0.717, 1.165) is 7.11 Å². The second-order valence-corrected chi connectivity index (χ2v) is 1.02. The third-order valence-corrected chi connectivity index (χ3v) is 0.566. The summed E-state index contributed by atoms with van der Waals surface area (Å²) in [6, 6.07) is 5.72. The number of hydrogen-bond acceptors (Lipinski definition) is 3. The van der Waals surface area contributed by atoms with Crippen LogP contribution in [0.25, 0.3) is 0 Å². The van der Waals surface area contributed by atoms with Crippen LogP contribution in [-0.4, -0.2) is 24.0 Å². The van der Waals surface area contributed by atoms with Gasteiger partial charge in [-0.05, 0) is 12.1 Å². The van der Waals surface area contributed by atoms with Gasteiger partial charge >= 0.3 is 19.5 Å². The van der Waals surface area contributed by atoms with Gasteiger partial charge in [-0.1, -0.05) is 6.07 Å². The van der Waals surface area contributed by atoms with Gasteiger partial charge in [0, 0.05) is 19.5 Å². The van der Waals surface area contributed by atoms with Crippen LogP contribution in [0.5, 0.6) is 0 Å². The molecule has 0 saturated carbocycles. The van der Waals surface area contributed by atoms with Gasteiger partial charge in [-0.15, -0.1) is 0 Å². The van der Waals surface area contributed by atoms with Crippen LogP contribution in [0.1, 0.15) is 0 Å². The number of aliphatic hydroxyl groups is 1. The summed E-state index contributed by atoms with van der Waals surface area (Å²) in [6.07, 6.45) is 3.50. The number of aliphatic hydroxyl groups excluding tert-OH is 1. The maximum Gasteiger partial charge on any atom is 1.00 e. The van der Waals surface area contributed by atoms with E-state index in [1.165, 1.54) is 0 Å². The predicted molar refractivity (Wildman–Crippen MR) is 39.1 cm³/mol. The quantitative estimate of drug-likeness (QED) is 0.407. The van der Waals surface area contributed by atoms with Gasteiger partial charge in [0.15, 0.2) is 0 Å². The summed E-state index contributed by atoms with van der Waals surface area (Å²) in [7, 11) is 1.00. The SMILES string of the molecule is CO.[CH-]=O.[Ru+].c1ccncc1. The fourth-order valence-corrected chi connectivity index (χ4v) is 0.313. The van der Waals surface area contributed by atoms with E-state index in [9.17, 15) is 0 Å². The number of rotatable bonds is 0. The molecule has 0 aliphatic carbocycles. The zero-order valence-corrected chi connectivity index (χ0v) is 7.86. The molecule has 0 aliphatic heterocycles. The molecule has 4 heteroatoms. The molecule has 1 rings (SSSR count). The van der Waals surface area contributed by atoms with Crippen molar-refractivity contribution in [3.8, 4) is 0 Å². The molecule has 1 aromatic rings. The van der Waals surface area contributed by atoms with Crippen LogP contribution in [-0.2, 0) is 24.3 Å². The number of pyridine rings is 1. The molecule has 0 bridgehead atoms. The van der Waals surface area contributed by atoms with Gasteiger partial charge in [-0.25, -0.2) is 0 Å². The minimum Gasteiger partial charge on any atom is -0.545 e. The minimum atomic E-state index is 0. The molecule has 0 amide bonds. The van der Waals surface area contributed by atoms with E-state index < -0.39 is 0 Å². The van der Waals surface area contributed by atoms with Crippen molar-refractivity contribution in [1.82, 2.24) is 4.98 Å². The van der Waals surface area contributed by atoms with Crippen molar-refractivity contribution >= 4 is 6.79 Å². The molecule has 0 aliphatic rings. The summed E-state index contributed by atoms with van der Waals surface area (Å²) in [5, 5.41) is 7.00. The zero-order chi connectivity index (χ0) is 8.24. The Morgan fingerprint density at radius 1 is 1.09 bits per heavy atom. The molecule has 0 atom stereocenters. The summed E-state index contributed by atoms with van der Waals surface area (Å²) in [5.74, 6) is 0. The average Bonchev–Trinajstić information content (AvgIpc) is 2.14. The summed E-state index contributed by atoms with van der Waals surface area (Å²) in [4.78, 5) is 11.5. The van der Waals surface area contributed by atoms with Gasteiger partial charge in [-0.2, -0.15) is 0 Å². The van der Waals surface area contributed by atoms with Crippen molar-refractivity contribution < 1.29 is 29.4 Å². The molecule has 0 saturated heterocycles. The zero-order valence-electron chi connectivity index (χ0n) is 6.12. The van der Waals surface area contributed by atoms with Gasteiger partial charge < -0.3 is 9.90 Å². The molecule has 0 unspecified atom stereocenters. The first-order valence-electron chi connectivity index (χ1n) is 2.53. The van der Waals surface area contributed by atoms with E-state index in [4.69, 9.17) is 9.90 Å². The van der Waals surface area contributed by atoms with Crippen molar-refractivity contribution in [1.29, 1.82) is 0 Å². The van der Waals surface area contributed by atoms with Crippen molar-refractivity contribution in [2.24, 2.45) is 0 Å². The maximum atomic E-state index is 7.75. The molecule has 0 aromatic carbocycles. The molecular weight excluding hydrogens is 231 g/mol. The molecule has 0 fully saturated rings. The van der Waals surface area contributed by atoms with Crippen molar-refractivity contribution in [2.75, 3.05) is 7.11 Å². The van der Waals surface area contributed by atoms with Gasteiger partial charge in [0.05, 0.1) is 0 Å². The third kappa shape index (κ3) is 17.7. The molecule has 11 heavy (non-hydrogen) atoms. The Bertz CT molecular complexity index is 99.3. The van der Waals surface area contributed by atoms with E-state index in [-0.39, 0.29) is 19.5 Å². The summed E-state index contributed by atoms with van der Waals surface area (Å²) >= 11 is 0. The number of hydrogen-bond donors (Lipinski definition) is 1. The van der Waals surface area contributed by atoms with Crippen LogP contribution < -0.4 is 0 Å². The van der Waals surface area contributed by atoms with Crippen LogP contribution >= 0.6 is 0 Å². The molecule has 1 heterocycles. The van der Waals surface area contributed by atoms with Crippen molar-refractivity contribution in [3.05, 3.63) is 30.6 Å². The van der Waals surface area contributed by atoms with E-state index in [1.54, 1.807) is 12.4 Å². The molecule has 63 valence electrons. The first kappa shape index (κ1) is 16.8. The second kappa shape index (κ2) is 22.7. The van der Waals surface area contributed by atoms with Crippen molar-refractivity contribution in [2.45, 2.75) is 0 Å². The average molecular weight is 241 g/mol. The van der Waals surface area contributed by atoms with Gasteiger partial charge in [0.25, 0.3) is 0 Å². The largest absolute Gasteiger partial charge is 1.00 e. The van der Waals surface area contributed by atoms with Gasteiger partial charge in [-0.3, -0.25) is 11.8 Å². The monoisotopic (exact) mass is 242 g/mol. The second-order valence-electron chi connectivity index (χ2n) is 1.02. The fraction of sp³-hybridized carbons (Fsp3) is 0.143. The predicted octanol–water partition coefficient (Wildman–Crippen LogP) is 0.414. The summed E-state index contributed by atoms with van der Waals surface area (Å²) < 4.78 is 0. The van der Waals surface area contributed by atoms with E-state index in [0.29, 0.717) is 0 Å². The van der Waals surface area contributed by atoms with Crippen LogP contribution in [0.15, 0.2) is 30.6 Å². The Morgan fingerprint density at radius 2 is 1.45 bits per heavy atom. The number of nitrogens with zero attached hydrogens (tertiary/aromatic N) is 1. The Labute approximate surface area is 79.2 Å². The Morgan fingerprint density at radius 3 is 1.55 bits per heavy atom. The minimum absolute atomic E-state index is 0. The first-order chi connectivity index (χ1) is 5.00. The molecule has 3 nitrogen and oxygen atoms in total. The summed E-state index contributed by atoms with van der Waals surface area (Å²) in [5.41, 5.74) is 0. The maximum absolute atomic E-state index is 7.75. The van der Waals surface area contributed by atoms with E-state index in [1.807, 2.05) is 18.2 Å². The van der Waals surface area contributed by atoms with Crippen LogP contribution in [0.4, 0.5) is 0 Å². The standard InChI is InChI=1S/C5H5N.CH4O.CHO.Ru/c1-2-4-6-5-3-1;2*1-2;/h1-5H;2H,1H3;1H;/q;;-1;+1. The van der Waals surface area contributed by atoms with Gasteiger partial charge in [0.2, 0.25) is 0 Å². The molecule has 1 radical (unpaired) electrons. The normalized spacial score (nSPS) is 5.27. The van der Waals surface area contributed by atoms with Crippen LogP contribution in [0, 0.1) is 0 Å². The van der Waals surface area contributed by atoms with Crippen LogP contribution in [0.3, 0.4) is 0 Å². The molecule has 1 aromatic heterocycles. The molecular formula is C7H10NO2Ru. The third-order valence-electron chi connectivity index (χ3n) is 0.566. The Kier molecular flexibility index (Phi) is 34.7. The van der Waals surface area contributed by atoms with Crippen LogP contribution in [0.2, 0.25) is 0 Å². The molecule has 0 spiro atoms. The van der Waals surface area contributed by atoms with Gasteiger partial charge in [0.1, 0.15) is 0 Å². The van der Waals surface area contributed by atoms with Crippen molar-refractivity contribution in [3.63, 3.8) is 0 Å². The summed E-state index contributed by atoms with van der Waals surface area (Å²) in [6.45, 7) is 3.25. The Balaban J connectivity index is -0.000000114. The van der Waals surface area contributed by atoms with E-state index in [2.05, 4.69) is 11.8 Å². The number of carbonyl (C=O) groups excluding carboxylic acids is 1. The van der Waals surface area contributed by atoms with E-state index >= 15 is 0 Å². The first-order valence-corrected chi connectivity index (χ1v) is 2.53. The molecule has 1 N–H and O–H groups in total. The fourth-order valence-electron chi connectivity index (χ4n) is 0.313. The topological polar surface area (TPSA) is 50.2 Å².